The van der Waals surface area contributed by atoms with E-state index in [1.165, 1.54) is 6.33 Å². The predicted molar refractivity (Wildman–Crippen MR) is 161 cm³/mol. The number of amides is 1. The Hall–Kier alpha value is -4.88. The molecule has 4 aliphatic heterocycles. The van der Waals surface area contributed by atoms with Gasteiger partial charge in [-0.05, 0) is 11.1 Å². The molecule has 5 heterocycles. The molecule has 2 N–H and O–H groups in total. The number of rotatable bonds is 8. The number of nitrogens with zero attached hydrogens (tertiary/aromatic N) is 9. The largest absolute Gasteiger partial charge is 0.444 e. The van der Waals surface area contributed by atoms with E-state index in [1.54, 1.807) is 11.2 Å². The van der Waals surface area contributed by atoms with Crippen LogP contribution in [0.25, 0.3) is 11.5 Å². The monoisotopic (exact) mass is 594 g/mol. The minimum atomic E-state index is -0.268. The third kappa shape index (κ3) is 5.71. The summed E-state index contributed by atoms with van der Waals surface area (Å²) in [5, 5.41) is 9.23. The molecule has 3 aromatic rings. The van der Waals surface area contributed by atoms with Crippen molar-refractivity contribution in [1.82, 2.24) is 44.3 Å². The van der Waals surface area contributed by atoms with Gasteiger partial charge in [-0.15, -0.1) is 5.10 Å². The van der Waals surface area contributed by atoms with Crippen molar-refractivity contribution in [3.8, 4) is 11.5 Å². The minimum Gasteiger partial charge on any atom is -0.444 e. The van der Waals surface area contributed by atoms with Gasteiger partial charge in [0.25, 0.3) is 0 Å². The SMILES string of the molecule is Nc1ncn(Cc2cn([C@@H](c3ccccc3)[C@@H](c3ccccc3)N3CCN(C(=O)OC4CCOC4)CC3)nn2)c2ncnc1-2. The topological polar surface area (TPSA) is 142 Å². The first kappa shape index (κ1) is 27.9. The van der Waals surface area contributed by atoms with Gasteiger partial charge in [0.1, 0.15) is 23.8 Å². The lowest BCUT2D eigenvalue weighted by Crippen LogP contribution is -2.51. The van der Waals surface area contributed by atoms with E-state index in [-0.39, 0.29) is 24.3 Å². The minimum absolute atomic E-state index is 0.0759. The number of anilines is 1. The second-order valence-corrected chi connectivity index (χ2v) is 11.1. The number of imidazole rings is 1. The highest BCUT2D eigenvalue weighted by atomic mass is 16.6. The molecule has 1 amide bonds. The van der Waals surface area contributed by atoms with Gasteiger partial charge in [0, 0.05) is 32.6 Å². The van der Waals surface area contributed by atoms with E-state index in [0.29, 0.717) is 63.3 Å². The number of aromatic nitrogens is 7. The Morgan fingerprint density at radius 3 is 2.39 bits per heavy atom. The van der Waals surface area contributed by atoms with Crippen molar-refractivity contribution in [2.45, 2.75) is 31.2 Å². The van der Waals surface area contributed by atoms with E-state index >= 15 is 0 Å². The number of fused-ring (bicyclic) bond motifs is 1. The van der Waals surface area contributed by atoms with Crippen LogP contribution in [0, 0.1) is 0 Å². The zero-order valence-electron chi connectivity index (χ0n) is 24.2. The molecule has 13 nitrogen and oxygen atoms in total. The molecule has 13 heteroatoms. The van der Waals surface area contributed by atoms with Crippen LogP contribution in [-0.4, -0.2) is 95.9 Å². The van der Waals surface area contributed by atoms with Crippen LogP contribution in [0.4, 0.5) is 10.6 Å². The molecule has 1 unspecified atom stereocenters. The summed E-state index contributed by atoms with van der Waals surface area (Å²) < 4.78 is 14.9. The molecule has 0 radical (unpaired) electrons. The Morgan fingerprint density at radius 2 is 1.68 bits per heavy atom. The van der Waals surface area contributed by atoms with Gasteiger partial charge in [-0.1, -0.05) is 65.9 Å². The zero-order valence-corrected chi connectivity index (χ0v) is 24.2. The molecule has 0 aliphatic carbocycles. The molecule has 7 rings (SSSR count). The number of nitrogens with two attached hydrogens (primary N) is 1. The van der Waals surface area contributed by atoms with Gasteiger partial charge in [0.05, 0.1) is 44.4 Å². The average molecular weight is 595 g/mol. The number of hydrogen-bond acceptors (Lipinski definition) is 10. The van der Waals surface area contributed by atoms with Crippen molar-refractivity contribution >= 4 is 11.9 Å². The zero-order chi connectivity index (χ0) is 29.9. The van der Waals surface area contributed by atoms with Crippen LogP contribution in [0.3, 0.4) is 0 Å². The van der Waals surface area contributed by atoms with Crippen LogP contribution >= 0.6 is 0 Å². The number of piperazine rings is 1. The van der Waals surface area contributed by atoms with Gasteiger partial charge in [-0.25, -0.2) is 24.4 Å². The van der Waals surface area contributed by atoms with Gasteiger partial charge < -0.3 is 24.7 Å². The second kappa shape index (κ2) is 12.4. The highest BCUT2D eigenvalue weighted by Crippen LogP contribution is 2.37. The number of carbonyl (C=O) groups is 1. The summed E-state index contributed by atoms with van der Waals surface area (Å²) in [5.41, 5.74) is 9.57. The summed E-state index contributed by atoms with van der Waals surface area (Å²) >= 11 is 0. The summed E-state index contributed by atoms with van der Waals surface area (Å²) in [6.07, 6.45) is 5.43. The Kier molecular flexibility index (Phi) is 7.86. The highest BCUT2D eigenvalue weighted by molar-refractivity contribution is 5.68. The lowest BCUT2D eigenvalue weighted by Gasteiger charge is -2.42. The van der Waals surface area contributed by atoms with Gasteiger partial charge >= 0.3 is 6.09 Å². The van der Waals surface area contributed by atoms with Crippen molar-refractivity contribution in [3.63, 3.8) is 0 Å². The molecule has 2 aromatic carbocycles. The number of nitrogen functional groups attached to an aromatic ring is 1. The van der Waals surface area contributed by atoms with E-state index in [0.717, 1.165) is 23.2 Å². The fraction of sp³-hybridized carbons (Fsp3) is 0.355. The van der Waals surface area contributed by atoms with E-state index < -0.39 is 0 Å². The summed E-state index contributed by atoms with van der Waals surface area (Å²) in [7, 11) is 0. The van der Waals surface area contributed by atoms with Crippen molar-refractivity contribution in [2.24, 2.45) is 0 Å². The lowest BCUT2D eigenvalue weighted by atomic mass is 9.91. The first-order chi connectivity index (χ1) is 21.6. The van der Waals surface area contributed by atoms with Crippen LogP contribution in [0.15, 0.2) is 79.5 Å². The van der Waals surface area contributed by atoms with Crippen molar-refractivity contribution in [1.29, 1.82) is 0 Å². The van der Waals surface area contributed by atoms with Crippen LogP contribution < -0.4 is 5.73 Å². The van der Waals surface area contributed by atoms with Crippen LogP contribution in [0.2, 0.25) is 0 Å². The molecule has 4 aliphatic rings. The fourth-order valence-corrected chi connectivity index (χ4v) is 6.09. The molecule has 44 heavy (non-hydrogen) atoms. The fourth-order valence-electron chi connectivity index (χ4n) is 6.09. The Labute approximate surface area is 254 Å². The maximum absolute atomic E-state index is 12.9. The first-order valence-electron chi connectivity index (χ1n) is 14.8. The molecule has 1 aromatic heterocycles. The van der Waals surface area contributed by atoms with Crippen molar-refractivity contribution < 1.29 is 14.3 Å². The quantitative estimate of drug-likeness (QED) is 0.285. The molecule has 0 bridgehead atoms. The third-order valence-electron chi connectivity index (χ3n) is 8.31. The molecular weight excluding hydrogens is 560 g/mol. The Morgan fingerprint density at radius 1 is 0.955 bits per heavy atom. The first-order valence-corrected chi connectivity index (χ1v) is 14.8. The Bertz CT molecular complexity index is 1650. The number of ether oxygens (including phenoxy) is 2. The smallest absolute Gasteiger partial charge is 0.410 e. The summed E-state index contributed by atoms with van der Waals surface area (Å²) in [6, 6.07) is 20.5. The molecule has 226 valence electrons. The number of carbonyl (C=O) groups excluding carboxylic acids is 1. The normalized spacial score (nSPS) is 18.8. The average Bonchev–Trinajstić information content (AvgIpc) is 3.86. The molecule has 0 spiro atoms. The van der Waals surface area contributed by atoms with E-state index in [1.807, 2.05) is 39.7 Å². The molecule has 2 saturated heterocycles. The standard InChI is InChI=1S/C31H34N10O3/c32-29-26-30(34-20-33-26)40(21-35-29)17-24-18-41(37-36-24)28(23-9-5-2-6-10-23)27(22-7-3-1-4-8-22)38-12-14-39(15-13-38)31(42)44-25-11-16-43-19-25/h1-10,18,20-21,25,27-28H,11-17,19,32H2/t25?,27-,28+/m1/s1. The van der Waals surface area contributed by atoms with Crippen LogP contribution in [0.1, 0.15) is 35.3 Å². The van der Waals surface area contributed by atoms with E-state index in [9.17, 15) is 4.79 Å². The maximum Gasteiger partial charge on any atom is 0.410 e. The van der Waals surface area contributed by atoms with Crippen LogP contribution in [-0.2, 0) is 16.0 Å². The van der Waals surface area contributed by atoms with Gasteiger partial charge in [-0.3, -0.25) is 4.90 Å². The van der Waals surface area contributed by atoms with Crippen molar-refractivity contribution in [3.05, 3.63) is 96.3 Å². The maximum atomic E-state index is 12.9. The third-order valence-corrected chi connectivity index (χ3v) is 8.31. The molecule has 0 saturated carbocycles. The van der Waals surface area contributed by atoms with E-state index in [2.05, 4.69) is 66.6 Å². The van der Waals surface area contributed by atoms with Crippen molar-refractivity contribution in [2.75, 3.05) is 45.1 Å². The second-order valence-electron chi connectivity index (χ2n) is 11.1. The molecule has 3 atom stereocenters. The number of benzene rings is 2. The van der Waals surface area contributed by atoms with Gasteiger partial charge in [0.15, 0.2) is 11.6 Å². The number of hydrogen-bond donors (Lipinski definition) is 1. The summed E-state index contributed by atoms with van der Waals surface area (Å²) in [5.74, 6) is 0.985. The Balaban J connectivity index is 1.18. The lowest BCUT2D eigenvalue weighted by molar-refractivity contribution is 0.0298. The van der Waals surface area contributed by atoms with E-state index in [4.69, 9.17) is 15.2 Å². The molecule has 2 fully saturated rings. The van der Waals surface area contributed by atoms with Crippen LogP contribution in [0.5, 0.6) is 0 Å². The molecular formula is C31H34N10O3. The highest BCUT2D eigenvalue weighted by Gasteiger charge is 2.36. The summed E-state index contributed by atoms with van der Waals surface area (Å²) in [6.45, 7) is 4.01. The summed E-state index contributed by atoms with van der Waals surface area (Å²) in [4.78, 5) is 30.0. The predicted octanol–water partition coefficient (Wildman–Crippen LogP) is 2.87. The van der Waals surface area contributed by atoms with Gasteiger partial charge in [0.2, 0.25) is 0 Å². The van der Waals surface area contributed by atoms with Gasteiger partial charge in [-0.2, -0.15) is 0 Å².